The fraction of sp³-hybridized carbons (Fsp3) is 0. The minimum absolute atomic E-state index is 0.550. The fourth-order valence-corrected chi connectivity index (χ4v) is 17.0. The third kappa shape index (κ3) is 13.0. The minimum Gasteiger partial charge on any atom is -0.456 e. The topological polar surface area (TPSA) is 112 Å². The summed E-state index contributed by atoms with van der Waals surface area (Å²) in [5, 5.41) is 10.9. The van der Waals surface area contributed by atoms with E-state index in [9.17, 15) is 0 Å². The Bertz CT molecular complexity index is 7550. The number of furan rings is 2. The lowest BCUT2D eigenvalue weighted by molar-refractivity contribution is 0.669. The number of benzene rings is 18. The zero-order valence-corrected chi connectivity index (χ0v) is 64.8. The Hall–Kier alpha value is -16.3. The first-order chi connectivity index (χ1) is 59.5. The normalized spacial score (nSPS) is 11.5. The molecule has 120 heavy (non-hydrogen) atoms. The minimum atomic E-state index is 0.550. The van der Waals surface area contributed by atoms with E-state index in [0.29, 0.717) is 35.1 Å². The van der Waals surface area contributed by atoms with Crippen molar-refractivity contribution in [3.05, 3.63) is 425 Å². The van der Waals surface area contributed by atoms with Crippen LogP contribution in [0.3, 0.4) is 0 Å². The number of fused-ring (bicyclic) bond motifs is 13. The predicted molar refractivity (Wildman–Crippen MR) is 493 cm³/mol. The summed E-state index contributed by atoms with van der Waals surface area (Å²) in [7, 11) is 0. The van der Waals surface area contributed by atoms with Gasteiger partial charge < -0.3 is 13.7 Å². The van der Waals surface area contributed by atoms with Gasteiger partial charge in [0, 0.05) is 71.5 Å². The maximum absolute atomic E-state index is 6.98. The van der Waals surface area contributed by atoms with Gasteiger partial charge in [0.05, 0.1) is 16.7 Å². The summed E-state index contributed by atoms with van der Waals surface area (Å²) in [5.74, 6) is 3.57. The Kier molecular flexibility index (Phi) is 17.7. The van der Waals surface area contributed by atoms with Crippen LogP contribution in [0.5, 0.6) is 0 Å². The largest absolute Gasteiger partial charge is 0.456 e. The number of hydrogen-bond acceptors (Lipinski definition) is 9. The van der Waals surface area contributed by atoms with Gasteiger partial charge in [0.25, 0.3) is 0 Å². The summed E-state index contributed by atoms with van der Waals surface area (Å²) in [6, 6.07) is 148. The van der Waals surface area contributed by atoms with Gasteiger partial charge in [-0.2, -0.15) is 9.97 Å². The van der Waals surface area contributed by atoms with Gasteiger partial charge in [-0.15, -0.1) is 0 Å². The molecule has 562 valence electrons. The molecule has 0 N–H and O–H groups in total. The molecular weight excluding hydrogens is 1470 g/mol. The second kappa shape index (κ2) is 30.1. The van der Waals surface area contributed by atoms with Gasteiger partial charge in [-0.05, 0) is 174 Å². The third-order valence-corrected chi connectivity index (χ3v) is 22.8. The number of anilines is 3. The molecular formula is C110H70N8O2. The maximum Gasteiger partial charge on any atom is 0.238 e. The van der Waals surface area contributed by atoms with Crippen LogP contribution < -0.4 is 4.90 Å². The third-order valence-electron chi connectivity index (χ3n) is 22.8. The Labute approximate surface area is 691 Å². The lowest BCUT2D eigenvalue weighted by atomic mass is 9.95. The van der Waals surface area contributed by atoms with Crippen molar-refractivity contribution in [2.24, 2.45) is 0 Å². The average Bonchev–Trinajstić information content (AvgIpc) is 1.59. The Morgan fingerprint density at radius 2 is 0.542 bits per heavy atom. The van der Waals surface area contributed by atoms with Crippen LogP contribution in [0.4, 0.5) is 17.1 Å². The van der Waals surface area contributed by atoms with Gasteiger partial charge >= 0.3 is 0 Å². The van der Waals surface area contributed by atoms with Crippen LogP contribution in [-0.4, -0.2) is 34.5 Å². The molecule has 0 aliphatic carbocycles. The van der Waals surface area contributed by atoms with E-state index >= 15 is 0 Å². The molecule has 18 aromatic carbocycles. The van der Waals surface area contributed by atoms with Crippen LogP contribution in [0.2, 0.25) is 0 Å². The van der Waals surface area contributed by atoms with Crippen molar-refractivity contribution in [3.63, 3.8) is 0 Å². The zero-order valence-electron chi connectivity index (χ0n) is 64.8. The SMILES string of the molecule is c1ccc(-c2ccc(N(c3ccc(-c4ccccc4)cc3)c3cc4ccccc4c4c3oc3ccc(-c5nc(-c6ccccc6)nc(-c6ccccc6)n5)cc34)cc2)cc1.c1ccc(-c2ccc3c(c2)c2cc(-c4ccccc4)ccc2n3-c2nc(-c3ccccc3)nc(-c3ccc4oc5cc(-c6ccccc6)c6ccccc6c5c4c3)n2)cc1. The van der Waals surface area contributed by atoms with Crippen LogP contribution in [-0.2, 0) is 0 Å². The maximum atomic E-state index is 6.98. The highest BCUT2D eigenvalue weighted by atomic mass is 16.3. The van der Waals surface area contributed by atoms with E-state index in [2.05, 4.69) is 319 Å². The molecule has 0 spiro atoms. The Morgan fingerprint density at radius 3 is 1.01 bits per heavy atom. The van der Waals surface area contributed by atoms with E-state index in [1.54, 1.807) is 0 Å². The molecule has 5 aromatic heterocycles. The highest BCUT2D eigenvalue weighted by Gasteiger charge is 2.26. The summed E-state index contributed by atoms with van der Waals surface area (Å²) in [6.45, 7) is 0. The molecule has 0 aliphatic heterocycles. The molecule has 0 unspecified atom stereocenters. The summed E-state index contributed by atoms with van der Waals surface area (Å²) < 4.78 is 15.8. The molecule has 0 saturated heterocycles. The van der Waals surface area contributed by atoms with E-state index < -0.39 is 0 Å². The standard InChI is InChI=1S/C55H34N4O.C55H36N4O/c1-5-15-35(16-6-1)39-25-28-48-45(31-39)46-32-40(36-17-7-2-8-18-36)26-29-49(46)59(48)55-57-53(38-21-11-4-12-22-38)56-54(58-55)41-27-30-50-47(33-41)52-43-24-14-13-23-42(43)44(34-51(52)60-50)37-19-9-3-10-20-37;1-5-15-37(16-6-1)39-25-30-45(31-26-39)59(46-32-27-40(28-33-46)38-17-7-2-8-18-38)49-36-43-23-13-14-24-47(43)51-48-35-44(29-34-50(48)60-52(49)51)55-57-53(41-19-9-3-10-20-41)56-54(58-55)42-21-11-4-12-22-42/h1-34H;1-36H. The lowest BCUT2D eigenvalue weighted by Gasteiger charge is -2.26. The van der Waals surface area contributed by atoms with Gasteiger partial charge in [0.1, 0.15) is 16.7 Å². The average molecular weight is 1540 g/mol. The van der Waals surface area contributed by atoms with Crippen LogP contribution in [0, 0.1) is 0 Å². The molecule has 0 atom stereocenters. The molecule has 23 aromatic rings. The first kappa shape index (κ1) is 70.3. The first-order valence-electron chi connectivity index (χ1n) is 40.3. The van der Waals surface area contributed by atoms with Gasteiger partial charge in [0.2, 0.25) is 5.95 Å². The van der Waals surface area contributed by atoms with Crippen molar-refractivity contribution in [2.75, 3.05) is 4.90 Å². The van der Waals surface area contributed by atoms with Crippen molar-refractivity contribution >= 4 is 104 Å². The van der Waals surface area contributed by atoms with E-state index in [4.69, 9.17) is 38.7 Å². The first-order valence-corrected chi connectivity index (χ1v) is 40.3. The molecule has 0 fully saturated rings. The van der Waals surface area contributed by atoms with Crippen LogP contribution >= 0.6 is 0 Å². The number of rotatable bonds is 14. The highest BCUT2D eigenvalue weighted by Crippen LogP contribution is 2.49. The van der Waals surface area contributed by atoms with E-state index in [-0.39, 0.29) is 0 Å². The fourth-order valence-electron chi connectivity index (χ4n) is 17.0. The molecule has 10 nitrogen and oxygen atoms in total. The quantitative estimate of drug-likeness (QED) is 0.105. The number of hydrogen-bond donors (Lipinski definition) is 0. The molecule has 0 radical (unpaired) electrons. The molecule has 0 amide bonds. The molecule has 5 heterocycles. The van der Waals surface area contributed by atoms with Crippen LogP contribution in [0.1, 0.15) is 0 Å². The molecule has 23 rings (SSSR count). The van der Waals surface area contributed by atoms with Crippen molar-refractivity contribution < 1.29 is 8.83 Å². The predicted octanol–water partition coefficient (Wildman–Crippen LogP) is 29.1. The van der Waals surface area contributed by atoms with Crippen LogP contribution in [0.15, 0.2) is 433 Å². The smallest absolute Gasteiger partial charge is 0.238 e. The Balaban J connectivity index is 0.000000144. The highest BCUT2D eigenvalue weighted by molar-refractivity contribution is 6.25. The number of aromatic nitrogens is 7. The lowest BCUT2D eigenvalue weighted by Crippen LogP contribution is -2.10. The van der Waals surface area contributed by atoms with Gasteiger partial charge in [-0.1, -0.05) is 328 Å². The molecule has 0 saturated carbocycles. The van der Waals surface area contributed by atoms with E-state index in [1.807, 2.05) is 115 Å². The van der Waals surface area contributed by atoms with Gasteiger partial charge in [-0.3, -0.25) is 4.57 Å². The van der Waals surface area contributed by atoms with Crippen molar-refractivity contribution in [1.29, 1.82) is 0 Å². The summed E-state index contributed by atoms with van der Waals surface area (Å²) in [6.07, 6.45) is 0. The molecule has 10 heteroatoms. The van der Waals surface area contributed by atoms with E-state index in [1.165, 1.54) is 27.6 Å². The monoisotopic (exact) mass is 1530 g/mol. The second-order valence-electron chi connectivity index (χ2n) is 30.0. The summed E-state index contributed by atoms with van der Waals surface area (Å²) >= 11 is 0. The second-order valence-corrected chi connectivity index (χ2v) is 30.0. The van der Waals surface area contributed by atoms with Crippen LogP contribution in [0.25, 0.3) is 206 Å². The van der Waals surface area contributed by atoms with Gasteiger partial charge in [-0.25, -0.2) is 19.9 Å². The van der Waals surface area contributed by atoms with Crippen molar-refractivity contribution in [2.45, 2.75) is 0 Å². The van der Waals surface area contributed by atoms with E-state index in [0.717, 1.165) is 160 Å². The summed E-state index contributed by atoms with van der Waals surface area (Å²) in [5.41, 5.74) is 24.4. The summed E-state index contributed by atoms with van der Waals surface area (Å²) in [4.78, 5) is 33.1. The Morgan fingerprint density at radius 1 is 0.208 bits per heavy atom. The van der Waals surface area contributed by atoms with Gasteiger partial charge in [0.15, 0.2) is 34.7 Å². The zero-order chi connectivity index (χ0) is 79.4. The molecule has 0 aliphatic rings. The molecule has 0 bridgehead atoms. The number of nitrogens with zero attached hydrogens (tertiary/aromatic N) is 8. The van der Waals surface area contributed by atoms with Crippen molar-refractivity contribution in [3.8, 4) is 119 Å². The van der Waals surface area contributed by atoms with Crippen molar-refractivity contribution in [1.82, 2.24) is 34.5 Å².